The van der Waals surface area contributed by atoms with Crippen molar-refractivity contribution in [1.82, 2.24) is 4.90 Å². The lowest BCUT2D eigenvalue weighted by atomic mass is 9.94. The van der Waals surface area contributed by atoms with Crippen molar-refractivity contribution in [2.75, 3.05) is 18.9 Å². The summed E-state index contributed by atoms with van der Waals surface area (Å²) in [6.07, 6.45) is 0. The first-order chi connectivity index (χ1) is 12.6. The second-order valence-electron chi connectivity index (χ2n) is 5.96. The monoisotopic (exact) mass is 364 g/mol. The normalized spacial score (nSPS) is 13.5. The standard InChI is InChI=1S/C20H16N2O3S/c21-15-6-1-2-7-17(15)26-16-9-8-14-18-12(16)4-3-5-13(18)19(24)22(10-11-23)20(14)25/h1-9,23H,10-11,21H2. The molecule has 1 aliphatic heterocycles. The number of carbonyl (C=O) groups is 2. The van der Waals surface area contributed by atoms with E-state index in [2.05, 4.69) is 0 Å². The Bertz CT molecular complexity index is 1030. The van der Waals surface area contributed by atoms with Gasteiger partial charge in [-0.05, 0) is 35.7 Å². The molecule has 3 N–H and O–H groups in total. The number of β-amino-alcohol motifs (C(OH)–C–C–N with tert-alkyl or cyclic N) is 1. The zero-order valence-corrected chi connectivity index (χ0v) is 14.6. The van der Waals surface area contributed by atoms with E-state index in [-0.39, 0.29) is 25.0 Å². The van der Waals surface area contributed by atoms with Gasteiger partial charge < -0.3 is 10.8 Å². The summed E-state index contributed by atoms with van der Waals surface area (Å²) in [5.41, 5.74) is 7.69. The van der Waals surface area contributed by atoms with Crippen LogP contribution >= 0.6 is 11.8 Å². The number of anilines is 1. The van der Waals surface area contributed by atoms with E-state index in [0.29, 0.717) is 22.2 Å². The summed E-state index contributed by atoms with van der Waals surface area (Å²) in [6.45, 7) is -0.269. The first-order valence-corrected chi connectivity index (χ1v) is 8.98. The van der Waals surface area contributed by atoms with Crippen molar-refractivity contribution in [2.45, 2.75) is 9.79 Å². The lowest BCUT2D eigenvalue weighted by Gasteiger charge is -2.27. The minimum absolute atomic E-state index is 0.00938. The highest BCUT2D eigenvalue weighted by atomic mass is 32.2. The molecule has 0 spiro atoms. The molecule has 130 valence electrons. The third-order valence-corrected chi connectivity index (χ3v) is 5.58. The predicted octanol–water partition coefficient (Wildman–Crippen LogP) is 3.16. The van der Waals surface area contributed by atoms with Crippen molar-refractivity contribution in [3.05, 3.63) is 65.7 Å². The summed E-state index contributed by atoms with van der Waals surface area (Å²) < 4.78 is 0. The Morgan fingerprint density at radius 2 is 1.62 bits per heavy atom. The molecule has 0 radical (unpaired) electrons. The van der Waals surface area contributed by atoms with Gasteiger partial charge in [-0.2, -0.15) is 0 Å². The summed E-state index contributed by atoms with van der Waals surface area (Å²) >= 11 is 1.51. The van der Waals surface area contributed by atoms with E-state index in [9.17, 15) is 9.59 Å². The zero-order chi connectivity index (χ0) is 18.3. The van der Waals surface area contributed by atoms with Crippen molar-refractivity contribution in [3.63, 3.8) is 0 Å². The molecule has 0 saturated carbocycles. The van der Waals surface area contributed by atoms with Gasteiger partial charge in [0, 0.05) is 32.0 Å². The van der Waals surface area contributed by atoms with Crippen LogP contribution in [0, 0.1) is 0 Å². The molecule has 2 amide bonds. The zero-order valence-electron chi connectivity index (χ0n) is 13.8. The molecule has 0 bridgehead atoms. The van der Waals surface area contributed by atoms with Gasteiger partial charge in [0.2, 0.25) is 0 Å². The summed E-state index contributed by atoms with van der Waals surface area (Å²) in [4.78, 5) is 28.3. The summed E-state index contributed by atoms with van der Waals surface area (Å²) in [5, 5.41) is 10.7. The Morgan fingerprint density at radius 3 is 2.35 bits per heavy atom. The Kier molecular flexibility index (Phi) is 4.14. The number of hydrogen-bond donors (Lipinski definition) is 2. The minimum Gasteiger partial charge on any atom is -0.398 e. The van der Waals surface area contributed by atoms with Crippen molar-refractivity contribution >= 4 is 40.0 Å². The molecular weight excluding hydrogens is 348 g/mol. The van der Waals surface area contributed by atoms with E-state index in [0.717, 1.165) is 20.1 Å². The van der Waals surface area contributed by atoms with Gasteiger partial charge >= 0.3 is 0 Å². The lowest BCUT2D eigenvalue weighted by Crippen LogP contribution is -2.41. The second-order valence-corrected chi connectivity index (χ2v) is 7.05. The van der Waals surface area contributed by atoms with Crippen LogP contribution < -0.4 is 5.73 Å². The fraction of sp³-hybridized carbons (Fsp3) is 0.100. The van der Waals surface area contributed by atoms with Crippen LogP contribution in [0.3, 0.4) is 0 Å². The number of carbonyl (C=O) groups excluding carboxylic acids is 2. The molecule has 1 aliphatic rings. The van der Waals surface area contributed by atoms with Gasteiger partial charge in [0.15, 0.2) is 0 Å². The van der Waals surface area contributed by atoms with Crippen molar-refractivity contribution in [1.29, 1.82) is 0 Å². The highest BCUT2D eigenvalue weighted by molar-refractivity contribution is 7.99. The number of nitrogens with zero attached hydrogens (tertiary/aromatic N) is 1. The van der Waals surface area contributed by atoms with Gasteiger partial charge in [-0.15, -0.1) is 0 Å². The first-order valence-electron chi connectivity index (χ1n) is 8.17. The Morgan fingerprint density at radius 1 is 0.885 bits per heavy atom. The summed E-state index contributed by atoms with van der Waals surface area (Å²) in [7, 11) is 0. The Balaban J connectivity index is 1.89. The number of amides is 2. The number of benzene rings is 3. The Hall–Kier alpha value is -2.83. The molecular formula is C20H16N2O3S. The number of aliphatic hydroxyl groups is 1. The van der Waals surface area contributed by atoms with Gasteiger partial charge in [-0.3, -0.25) is 14.5 Å². The number of aliphatic hydroxyl groups excluding tert-OH is 1. The quantitative estimate of drug-likeness (QED) is 0.549. The van der Waals surface area contributed by atoms with Gasteiger partial charge in [-0.25, -0.2) is 0 Å². The number of nitrogens with two attached hydrogens (primary N) is 1. The van der Waals surface area contributed by atoms with E-state index in [1.54, 1.807) is 12.1 Å². The summed E-state index contributed by atoms with van der Waals surface area (Å²) in [6, 6.07) is 16.6. The summed E-state index contributed by atoms with van der Waals surface area (Å²) in [5.74, 6) is -0.743. The van der Waals surface area contributed by atoms with Crippen molar-refractivity contribution in [2.24, 2.45) is 0 Å². The number of nitrogen functional groups attached to an aromatic ring is 1. The second kappa shape index (κ2) is 6.48. The SMILES string of the molecule is Nc1ccccc1Sc1ccc2c3c(cccc13)C(=O)N(CCO)C2=O. The van der Waals surface area contributed by atoms with Crippen LogP contribution in [0.5, 0.6) is 0 Å². The maximum Gasteiger partial charge on any atom is 0.261 e. The minimum atomic E-state index is -0.372. The average molecular weight is 364 g/mol. The van der Waals surface area contributed by atoms with Crippen LogP contribution in [0.1, 0.15) is 20.7 Å². The third-order valence-electron chi connectivity index (χ3n) is 4.41. The van der Waals surface area contributed by atoms with Crippen LogP contribution in [0.25, 0.3) is 10.8 Å². The predicted molar refractivity (Wildman–Crippen MR) is 101 cm³/mol. The molecule has 0 saturated heterocycles. The Labute approximate surface area is 154 Å². The van der Waals surface area contributed by atoms with Gasteiger partial charge in [0.1, 0.15) is 0 Å². The molecule has 26 heavy (non-hydrogen) atoms. The smallest absolute Gasteiger partial charge is 0.261 e. The fourth-order valence-corrected chi connectivity index (χ4v) is 4.19. The first kappa shape index (κ1) is 16.6. The van der Waals surface area contributed by atoms with Crippen LogP contribution in [0.4, 0.5) is 5.69 Å². The molecule has 4 rings (SSSR count). The number of imide groups is 1. The molecule has 3 aromatic carbocycles. The fourth-order valence-electron chi connectivity index (χ4n) is 3.20. The largest absolute Gasteiger partial charge is 0.398 e. The van der Waals surface area contributed by atoms with Crippen LogP contribution in [-0.2, 0) is 0 Å². The number of rotatable bonds is 4. The van der Waals surface area contributed by atoms with E-state index in [1.807, 2.05) is 42.5 Å². The number of para-hydroxylation sites is 1. The average Bonchev–Trinajstić information content (AvgIpc) is 2.65. The van der Waals surface area contributed by atoms with E-state index in [4.69, 9.17) is 10.8 Å². The number of hydrogen-bond acceptors (Lipinski definition) is 5. The van der Waals surface area contributed by atoms with Crippen molar-refractivity contribution < 1.29 is 14.7 Å². The molecule has 5 nitrogen and oxygen atoms in total. The van der Waals surface area contributed by atoms with Crippen molar-refractivity contribution in [3.8, 4) is 0 Å². The van der Waals surface area contributed by atoms with Crippen LogP contribution in [0.2, 0.25) is 0 Å². The van der Waals surface area contributed by atoms with Gasteiger partial charge in [0.05, 0.1) is 13.2 Å². The highest BCUT2D eigenvalue weighted by Crippen LogP contribution is 2.40. The van der Waals surface area contributed by atoms with Crippen LogP contribution in [0.15, 0.2) is 64.4 Å². The third kappa shape index (κ3) is 2.55. The molecule has 1 heterocycles. The topological polar surface area (TPSA) is 83.6 Å². The van der Waals surface area contributed by atoms with E-state index < -0.39 is 0 Å². The molecule has 0 atom stereocenters. The van der Waals surface area contributed by atoms with Gasteiger partial charge in [0.25, 0.3) is 11.8 Å². The van der Waals surface area contributed by atoms with E-state index >= 15 is 0 Å². The molecule has 0 aromatic heterocycles. The van der Waals surface area contributed by atoms with Crippen LogP contribution in [-0.4, -0.2) is 35.0 Å². The maximum atomic E-state index is 12.7. The molecule has 6 heteroatoms. The highest BCUT2D eigenvalue weighted by Gasteiger charge is 2.32. The maximum absolute atomic E-state index is 12.7. The molecule has 0 fully saturated rings. The van der Waals surface area contributed by atoms with E-state index in [1.165, 1.54) is 11.8 Å². The molecule has 0 unspecified atom stereocenters. The molecule has 0 aliphatic carbocycles. The van der Waals surface area contributed by atoms with Gasteiger partial charge in [-0.1, -0.05) is 36.0 Å². The molecule has 3 aromatic rings. The lowest BCUT2D eigenvalue weighted by molar-refractivity contribution is 0.0580.